The summed E-state index contributed by atoms with van der Waals surface area (Å²) in [6.07, 6.45) is 0.267. The topological polar surface area (TPSA) is 86.9 Å². The van der Waals surface area contributed by atoms with Crippen molar-refractivity contribution in [3.63, 3.8) is 0 Å². The maximum Gasteiger partial charge on any atom is 0.219 e. The zero-order valence-electron chi connectivity index (χ0n) is 9.10. The van der Waals surface area contributed by atoms with Crippen molar-refractivity contribution >= 4 is 22.9 Å². The molecule has 1 aromatic carbocycles. The average molecular weight is 218 g/mol. The van der Waals surface area contributed by atoms with E-state index in [-0.39, 0.29) is 12.3 Å². The zero-order chi connectivity index (χ0) is 11.7. The third kappa shape index (κ3) is 1.84. The highest BCUT2D eigenvalue weighted by molar-refractivity contribution is 5.79. The van der Waals surface area contributed by atoms with Gasteiger partial charge in [0.15, 0.2) is 0 Å². The summed E-state index contributed by atoms with van der Waals surface area (Å²) in [7, 11) is 0. The molecule has 0 fully saturated rings. The fourth-order valence-corrected chi connectivity index (χ4v) is 1.71. The van der Waals surface area contributed by atoms with E-state index in [1.165, 1.54) is 0 Å². The van der Waals surface area contributed by atoms with Crippen LogP contribution in [0, 0.1) is 6.92 Å². The number of nitrogens with zero attached hydrogens (tertiary/aromatic N) is 2. The van der Waals surface area contributed by atoms with Crippen LogP contribution in [-0.2, 0) is 11.3 Å². The van der Waals surface area contributed by atoms with Gasteiger partial charge in [-0.3, -0.25) is 4.79 Å². The highest BCUT2D eigenvalue weighted by Crippen LogP contribution is 2.19. The monoisotopic (exact) mass is 218 g/mol. The summed E-state index contributed by atoms with van der Waals surface area (Å²) in [5.74, 6) is 0.0794. The van der Waals surface area contributed by atoms with E-state index in [0.717, 1.165) is 16.6 Å². The molecule has 84 valence electrons. The highest BCUT2D eigenvalue weighted by atomic mass is 16.1. The maximum absolute atomic E-state index is 10.8. The van der Waals surface area contributed by atoms with Crippen LogP contribution in [0.25, 0.3) is 11.0 Å². The van der Waals surface area contributed by atoms with Gasteiger partial charge in [-0.25, -0.2) is 4.98 Å². The largest absolute Gasteiger partial charge is 0.370 e. The van der Waals surface area contributed by atoms with Crippen LogP contribution in [0.5, 0.6) is 0 Å². The van der Waals surface area contributed by atoms with Gasteiger partial charge < -0.3 is 16.0 Å². The van der Waals surface area contributed by atoms with Crippen molar-refractivity contribution in [2.75, 3.05) is 5.73 Å². The molecule has 0 aliphatic heterocycles. The zero-order valence-corrected chi connectivity index (χ0v) is 9.10. The van der Waals surface area contributed by atoms with Crippen LogP contribution in [0.15, 0.2) is 18.2 Å². The van der Waals surface area contributed by atoms with Crippen LogP contribution >= 0.6 is 0 Å². The van der Waals surface area contributed by atoms with Crippen molar-refractivity contribution in [2.24, 2.45) is 5.73 Å². The molecule has 0 aliphatic rings. The van der Waals surface area contributed by atoms with Crippen LogP contribution in [0.1, 0.15) is 12.0 Å². The van der Waals surface area contributed by atoms with Crippen LogP contribution in [0.3, 0.4) is 0 Å². The molecule has 0 radical (unpaired) electrons. The fourth-order valence-electron chi connectivity index (χ4n) is 1.71. The third-order valence-corrected chi connectivity index (χ3v) is 2.52. The summed E-state index contributed by atoms with van der Waals surface area (Å²) in [5, 5.41) is 0. The molecule has 0 atom stereocenters. The van der Waals surface area contributed by atoms with E-state index in [2.05, 4.69) is 4.98 Å². The van der Waals surface area contributed by atoms with Gasteiger partial charge >= 0.3 is 0 Å². The minimum Gasteiger partial charge on any atom is -0.370 e. The smallest absolute Gasteiger partial charge is 0.219 e. The maximum atomic E-state index is 10.8. The molecule has 5 heteroatoms. The molecule has 4 N–H and O–H groups in total. The van der Waals surface area contributed by atoms with E-state index in [9.17, 15) is 4.79 Å². The number of benzene rings is 1. The molecule has 5 nitrogen and oxygen atoms in total. The Labute approximate surface area is 93.1 Å². The number of aryl methyl sites for hydroxylation is 2. The van der Waals surface area contributed by atoms with Crippen LogP contribution < -0.4 is 11.5 Å². The SMILES string of the molecule is Cc1ccc2nc(N)n(CCC(N)=O)c2c1. The van der Waals surface area contributed by atoms with E-state index in [0.29, 0.717) is 12.5 Å². The minimum atomic E-state index is -0.339. The van der Waals surface area contributed by atoms with E-state index in [1.54, 1.807) is 0 Å². The number of hydrogen-bond acceptors (Lipinski definition) is 3. The number of amides is 1. The predicted molar refractivity (Wildman–Crippen MR) is 62.7 cm³/mol. The Morgan fingerprint density at radius 1 is 1.50 bits per heavy atom. The summed E-state index contributed by atoms with van der Waals surface area (Å²) < 4.78 is 1.81. The first kappa shape index (κ1) is 10.5. The number of carbonyl (C=O) groups is 1. The average Bonchev–Trinajstić information content (AvgIpc) is 2.51. The van der Waals surface area contributed by atoms with Gasteiger partial charge in [0.25, 0.3) is 0 Å². The summed E-state index contributed by atoms with van der Waals surface area (Å²) in [6, 6.07) is 5.90. The van der Waals surface area contributed by atoms with Gasteiger partial charge in [-0.15, -0.1) is 0 Å². The first-order valence-electron chi connectivity index (χ1n) is 5.08. The van der Waals surface area contributed by atoms with Gasteiger partial charge in [-0.1, -0.05) is 6.07 Å². The number of imidazole rings is 1. The molecule has 1 heterocycles. The van der Waals surface area contributed by atoms with E-state index in [4.69, 9.17) is 11.5 Å². The van der Waals surface area contributed by atoms with Gasteiger partial charge in [0.1, 0.15) is 0 Å². The molecule has 0 unspecified atom stereocenters. The lowest BCUT2D eigenvalue weighted by molar-refractivity contribution is -0.118. The van der Waals surface area contributed by atoms with Crippen LogP contribution in [0.2, 0.25) is 0 Å². The Morgan fingerprint density at radius 2 is 2.25 bits per heavy atom. The fraction of sp³-hybridized carbons (Fsp3) is 0.273. The molecular weight excluding hydrogens is 204 g/mol. The summed E-state index contributed by atoms with van der Waals surface area (Å²) in [5.41, 5.74) is 13.8. The molecule has 0 spiro atoms. The van der Waals surface area contributed by atoms with Crippen molar-refractivity contribution in [1.29, 1.82) is 0 Å². The Bertz CT molecular complexity index is 544. The number of anilines is 1. The van der Waals surface area contributed by atoms with Crippen LogP contribution in [0.4, 0.5) is 5.95 Å². The normalized spacial score (nSPS) is 10.8. The Balaban J connectivity index is 2.45. The lowest BCUT2D eigenvalue weighted by Gasteiger charge is -2.04. The Morgan fingerprint density at radius 3 is 2.94 bits per heavy atom. The lowest BCUT2D eigenvalue weighted by atomic mass is 10.2. The molecule has 2 rings (SSSR count). The molecule has 16 heavy (non-hydrogen) atoms. The number of primary amides is 1. The van der Waals surface area contributed by atoms with E-state index < -0.39 is 0 Å². The van der Waals surface area contributed by atoms with Gasteiger partial charge in [0.2, 0.25) is 11.9 Å². The molecule has 2 aromatic rings. The third-order valence-electron chi connectivity index (χ3n) is 2.52. The highest BCUT2D eigenvalue weighted by Gasteiger charge is 2.08. The number of fused-ring (bicyclic) bond motifs is 1. The van der Waals surface area contributed by atoms with Crippen molar-refractivity contribution in [2.45, 2.75) is 19.9 Å². The molecule has 0 bridgehead atoms. The number of rotatable bonds is 3. The number of aromatic nitrogens is 2. The van der Waals surface area contributed by atoms with Gasteiger partial charge in [-0.2, -0.15) is 0 Å². The number of carbonyl (C=O) groups excluding carboxylic acids is 1. The quantitative estimate of drug-likeness (QED) is 0.798. The lowest BCUT2D eigenvalue weighted by Crippen LogP contribution is -2.14. The molecular formula is C11H14N4O. The van der Waals surface area contributed by atoms with E-state index >= 15 is 0 Å². The Kier molecular flexibility index (Phi) is 2.52. The molecule has 0 aliphatic carbocycles. The first-order valence-corrected chi connectivity index (χ1v) is 5.08. The van der Waals surface area contributed by atoms with Crippen LogP contribution in [-0.4, -0.2) is 15.5 Å². The van der Waals surface area contributed by atoms with Gasteiger partial charge in [-0.05, 0) is 24.6 Å². The number of nitrogen functional groups attached to an aromatic ring is 1. The van der Waals surface area contributed by atoms with E-state index in [1.807, 2.05) is 29.7 Å². The van der Waals surface area contributed by atoms with Crippen molar-refractivity contribution < 1.29 is 4.79 Å². The summed E-state index contributed by atoms with van der Waals surface area (Å²) >= 11 is 0. The van der Waals surface area contributed by atoms with Crippen molar-refractivity contribution in [1.82, 2.24) is 9.55 Å². The molecule has 1 amide bonds. The second kappa shape index (κ2) is 3.84. The molecule has 0 saturated heterocycles. The second-order valence-corrected chi connectivity index (χ2v) is 3.83. The predicted octanol–water partition coefficient (Wildman–Crippen LogP) is 0.802. The second-order valence-electron chi connectivity index (χ2n) is 3.83. The first-order chi connectivity index (χ1) is 7.58. The standard InChI is InChI=1S/C11H14N4O/c1-7-2-3-8-9(6-7)15(11(13)14-8)5-4-10(12)16/h2-3,6H,4-5H2,1H3,(H2,12,16)(H2,13,14). The molecule has 1 aromatic heterocycles. The molecule has 0 saturated carbocycles. The van der Waals surface area contributed by atoms with Gasteiger partial charge in [0.05, 0.1) is 11.0 Å². The Hall–Kier alpha value is -2.04. The van der Waals surface area contributed by atoms with Gasteiger partial charge in [0, 0.05) is 13.0 Å². The summed E-state index contributed by atoms with van der Waals surface area (Å²) in [6.45, 7) is 2.47. The summed E-state index contributed by atoms with van der Waals surface area (Å²) in [4.78, 5) is 15.0. The van der Waals surface area contributed by atoms with Crippen molar-refractivity contribution in [3.05, 3.63) is 23.8 Å². The number of hydrogen-bond donors (Lipinski definition) is 2. The minimum absolute atomic E-state index is 0.267. The number of nitrogens with two attached hydrogens (primary N) is 2. The van der Waals surface area contributed by atoms with Crippen molar-refractivity contribution in [3.8, 4) is 0 Å².